The minimum atomic E-state index is -3.81. The summed E-state index contributed by atoms with van der Waals surface area (Å²) in [5.41, 5.74) is -1.67. The molecule has 0 aliphatic carbocycles. The number of carboxylic acid groups (broad SMARTS) is 1. The van der Waals surface area contributed by atoms with Gasteiger partial charge >= 0.3 is 11.9 Å². The van der Waals surface area contributed by atoms with E-state index in [1.54, 1.807) is 24.3 Å². The Morgan fingerprint density at radius 1 is 1.08 bits per heavy atom. The predicted octanol–water partition coefficient (Wildman–Crippen LogP) is 3.29. The Kier molecular flexibility index (Phi) is 5.59. The minimum absolute atomic E-state index is 0.344. The van der Waals surface area contributed by atoms with Crippen LogP contribution in [0.5, 0.6) is 5.75 Å². The van der Waals surface area contributed by atoms with Gasteiger partial charge in [-0.15, -0.1) is 0 Å². The summed E-state index contributed by atoms with van der Waals surface area (Å²) in [7, 11) is 1.43. The molecule has 2 rings (SSSR count). The van der Waals surface area contributed by atoms with Crippen molar-refractivity contribution in [2.45, 2.75) is 24.8 Å². The first-order valence-electron chi connectivity index (χ1n) is 7.81. The molecule has 2 N–H and O–H groups in total. The van der Waals surface area contributed by atoms with Gasteiger partial charge in [0.15, 0.2) is 0 Å². The summed E-state index contributed by atoms with van der Waals surface area (Å²) in [5, 5.41) is 11.4. The standard InChI is InChI=1S/C19H19F2NO4/c1-18(12-16(23)24,14-9-6-10-15(11-14)26-2)22-17(25)19(20,21)13-7-4-3-5-8-13/h3-11H,12H2,1-2H3,(H,22,25)(H,23,24). The van der Waals surface area contributed by atoms with E-state index in [0.29, 0.717) is 11.3 Å². The van der Waals surface area contributed by atoms with Gasteiger partial charge in [-0.05, 0) is 24.6 Å². The lowest BCUT2D eigenvalue weighted by Gasteiger charge is -2.32. The van der Waals surface area contributed by atoms with Crippen LogP contribution < -0.4 is 10.1 Å². The molecule has 0 spiro atoms. The maximum absolute atomic E-state index is 14.5. The highest BCUT2D eigenvalue weighted by molar-refractivity contribution is 5.86. The van der Waals surface area contributed by atoms with Gasteiger partial charge in [-0.1, -0.05) is 42.5 Å². The largest absolute Gasteiger partial charge is 0.497 e. The second-order valence-corrected chi connectivity index (χ2v) is 6.03. The van der Waals surface area contributed by atoms with Crippen LogP contribution in [0.2, 0.25) is 0 Å². The number of hydrogen-bond donors (Lipinski definition) is 2. The van der Waals surface area contributed by atoms with Gasteiger partial charge in [0, 0.05) is 5.56 Å². The fraction of sp³-hybridized carbons (Fsp3) is 0.263. The second-order valence-electron chi connectivity index (χ2n) is 6.03. The Labute approximate surface area is 149 Å². The summed E-state index contributed by atoms with van der Waals surface area (Å²) in [6.45, 7) is 1.38. The van der Waals surface area contributed by atoms with E-state index in [4.69, 9.17) is 4.74 Å². The van der Waals surface area contributed by atoms with E-state index in [9.17, 15) is 23.5 Å². The molecule has 1 atom stereocenters. The number of carbonyl (C=O) groups excluding carboxylic acids is 1. The number of methoxy groups -OCH3 is 1. The van der Waals surface area contributed by atoms with Crippen molar-refractivity contribution in [1.29, 1.82) is 0 Å². The average molecular weight is 363 g/mol. The van der Waals surface area contributed by atoms with Crippen LogP contribution in [-0.2, 0) is 21.1 Å². The van der Waals surface area contributed by atoms with Crippen molar-refractivity contribution in [1.82, 2.24) is 5.32 Å². The third kappa shape index (κ3) is 4.17. The van der Waals surface area contributed by atoms with Gasteiger partial charge in [-0.25, -0.2) is 0 Å². The number of rotatable bonds is 7. The van der Waals surface area contributed by atoms with E-state index in [2.05, 4.69) is 5.32 Å². The van der Waals surface area contributed by atoms with Crippen molar-refractivity contribution >= 4 is 11.9 Å². The van der Waals surface area contributed by atoms with E-state index in [0.717, 1.165) is 12.1 Å². The molecule has 0 saturated carbocycles. The van der Waals surface area contributed by atoms with Gasteiger partial charge in [0.05, 0.1) is 19.1 Å². The van der Waals surface area contributed by atoms with Crippen molar-refractivity contribution < 1.29 is 28.2 Å². The summed E-state index contributed by atoms with van der Waals surface area (Å²) in [6.07, 6.45) is -0.573. The Bertz CT molecular complexity index is 795. The van der Waals surface area contributed by atoms with E-state index >= 15 is 0 Å². The highest BCUT2D eigenvalue weighted by Gasteiger charge is 2.44. The van der Waals surface area contributed by atoms with E-state index < -0.39 is 35.3 Å². The normalized spacial score (nSPS) is 13.5. The molecular weight excluding hydrogens is 344 g/mol. The zero-order valence-corrected chi connectivity index (χ0v) is 14.3. The lowest BCUT2D eigenvalue weighted by molar-refractivity contribution is -0.150. The van der Waals surface area contributed by atoms with Crippen LogP contribution in [0.25, 0.3) is 0 Å². The number of hydrogen-bond acceptors (Lipinski definition) is 3. The first kappa shape index (κ1) is 19.4. The van der Waals surface area contributed by atoms with Crippen LogP contribution in [0, 0.1) is 0 Å². The molecule has 2 aromatic carbocycles. The first-order valence-corrected chi connectivity index (χ1v) is 7.81. The SMILES string of the molecule is COc1cccc(C(C)(CC(=O)O)NC(=O)C(F)(F)c2ccccc2)c1. The van der Waals surface area contributed by atoms with Crippen LogP contribution in [0.3, 0.4) is 0 Å². The number of halogens is 2. The van der Waals surface area contributed by atoms with Crippen LogP contribution in [-0.4, -0.2) is 24.1 Å². The Balaban J connectivity index is 2.38. The van der Waals surface area contributed by atoms with Crippen molar-refractivity contribution in [2.75, 3.05) is 7.11 Å². The van der Waals surface area contributed by atoms with E-state index in [1.165, 1.54) is 32.2 Å². The quantitative estimate of drug-likeness (QED) is 0.792. The number of amides is 1. The predicted molar refractivity (Wildman–Crippen MR) is 91.1 cm³/mol. The highest BCUT2D eigenvalue weighted by atomic mass is 19.3. The molecule has 0 radical (unpaired) electrons. The lowest BCUT2D eigenvalue weighted by atomic mass is 9.87. The van der Waals surface area contributed by atoms with Crippen LogP contribution >= 0.6 is 0 Å². The van der Waals surface area contributed by atoms with Crippen LogP contribution in [0.15, 0.2) is 54.6 Å². The smallest absolute Gasteiger partial charge is 0.349 e. The Morgan fingerprint density at radius 3 is 2.27 bits per heavy atom. The number of benzene rings is 2. The maximum Gasteiger partial charge on any atom is 0.349 e. The zero-order chi connectivity index (χ0) is 19.4. The molecule has 0 heterocycles. The molecule has 0 aromatic heterocycles. The average Bonchev–Trinajstić information content (AvgIpc) is 2.61. The van der Waals surface area contributed by atoms with Gasteiger partial charge in [0.25, 0.3) is 5.91 Å². The molecule has 0 aliphatic heterocycles. The van der Waals surface area contributed by atoms with Crippen molar-refractivity contribution in [3.8, 4) is 5.75 Å². The molecule has 1 amide bonds. The first-order chi connectivity index (χ1) is 12.2. The third-order valence-corrected chi connectivity index (χ3v) is 4.02. The monoisotopic (exact) mass is 363 g/mol. The van der Waals surface area contributed by atoms with Gasteiger partial charge in [0.2, 0.25) is 0 Å². The number of alkyl halides is 2. The Hall–Kier alpha value is -2.96. The number of ether oxygens (including phenoxy) is 1. The van der Waals surface area contributed by atoms with Crippen molar-refractivity contribution in [3.05, 3.63) is 65.7 Å². The van der Waals surface area contributed by atoms with Crippen molar-refractivity contribution in [3.63, 3.8) is 0 Å². The molecule has 0 aliphatic rings. The highest BCUT2D eigenvalue weighted by Crippen LogP contribution is 2.33. The number of aliphatic carboxylic acids is 1. The number of carboxylic acids is 1. The third-order valence-electron chi connectivity index (χ3n) is 4.02. The molecule has 138 valence electrons. The second kappa shape index (κ2) is 7.51. The van der Waals surface area contributed by atoms with Gasteiger partial charge in [-0.2, -0.15) is 8.78 Å². The summed E-state index contributed by atoms with van der Waals surface area (Å²) >= 11 is 0. The number of nitrogens with one attached hydrogen (secondary N) is 1. The molecule has 0 fully saturated rings. The minimum Gasteiger partial charge on any atom is -0.497 e. The Morgan fingerprint density at radius 2 is 1.69 bits per heavy atom. The van der Waals surface area contributed by atoms with E-state index in [-0.39, 0.29) is 0 Å². The van der Waals surface area contributed by atoms with Gasteiger partial charge in [0.1, 0.15) is 5.75 Å². The molecule has 2 aromatic rings. The fourth-order valence-corrected chi connectivity index (χ4v) is 2.59. The topological polar surface area (TPSA) is 75.6 Å². The van der Waals surface area contributed by atoms with Crippen molar-refractivity contribution in [2.24, 2.45) is 0 Å². The molecule has 5 nitrogen and oxygen atoms in total. The maximum atomic E-state index is 14.5. The molecule has 0 bridgehead atoms. The van der Waals surface area contributed by atoms with Gasteiger partial charge in [-0.3, -0.25) is 9.59 Å². The van der Waals surface area contributed by atoms with Crippen LogP contribution in [0.1, 0.15) is 24.5 Å². The molecule has 0 saturated heterocycles. The molecular formula is C19H19F2NO4. The fourth-order valence-electron chi connectivity index (χ4n) is 2.59. The summed E-state index contributed by atoms with van der Waals surface area (Å²) < 4.78 is 34.1. The van der Waals surface area contributed by atoms with Gasteiger partial charge < -0.3 is 15.2 Å². The number of carbonyl (C=O) groups is 2. The zero-order valence-electron chi connectivity index (χ0n) is 14.3. The summed E-state index contributed by atoms with van der Waals surface area (Å²) in [4.78, 5) is 23.6. The van der Waals surface area contributed by atoms with Crippen LogP contribution in [0.4, 0.5) is 8.78 Å². The summed E-state index contributed by atoms with van der Waals surface area (Å²) in [5.74, 6) is -6.20. The van der Waals surface area contributed by atoms with E-state index in [1.807, 2.05) is 0 Å². The molecule has 26 heavy (non-hydrogen) atoms. The molecule has 1 unspecified atom stereocenters. The molecule has 7 heteroatoms. The lowest BCUT2D eigenvalue weighted by Crippen LogP contribution is -2.50. The summed E-state index contributed by atoms with van der Waals surface area (Å²) in [6, 6.07) is 12.9.